The van der Waals surface area contributed by atoms with Crippen LogP contribution in [0.3, 0.4) is 0 Å². The largest absolute Gasteiger partial charge is 0.465 e. The Hall–Kier alpha value is -1.52. The fraction of sp³-hybridized carbons (Fsp3) is 0.810. The predicted octanol–water partition coefficient (Wildman–Crippen LogP) is 5.10. The number of unbranched alkanes of at least 4 members (excludes halogenated alkanes) is 8. The van der Waals surface area contributed by atoms with Crippen molar-refractivity contribution in [3.05, 3.63) is 12.7 Å². The Labute approximate surface area is 159 Å². The summed E-state index contributed by atoms with van der Waals surface area (Å²) in [7, 11) is 0. The van der Waals surface area contributed by atoms with Crippen molar-refractivity contribution in [2.75, 3.05) is 26.3 Å². The molecule has 26 heavy (non-hydrogen) atoms. The smallest absolute Gasteiger partial charge is 0.410 e. The maximum atomic E-state index is 12.1. The fourth-order valence-electron chi connectivity index (χ4n) is 3.22. The van der Waals surface area contributed by atoms with Gasteiger partial charge in [-0.2, -0.15) is 0 Å². The normalized spacial score (nSPS) is 14.9. The van der Waals surface area contributed by atoms with E-state index in [0.717, 1.165) is 12.8 Å². The summed E-state index contributed by atoms with van der Waals surface area (Å²) in [6, 6.07) is 0. The van der Waals surface area contributed by atoms with Crippen LogP contribution < -0.4 is 0 Å². The van der Waals surface area contributed by atoms with Crippen molar-refractivity contribution in [3.63, 3.8) is 0 Å². The number of ether oxygens (including phenoxy) is 2. The molecule has 0 bridgehead atoms. The molecule has 0 N–H and O–H groups in total. The van der Waals surface area contributed by atoms with Crippen molar-refractivity contribution in [1.82, 2.24) is 4.90 Å². The zero-order valence-corrected chi connectivity index (χ0v) is 16.5. The average Bonchev–Trinajstić information content (AvgIpc) is 2.67. The molecule has 0 aromatic heterocycles. The number of amides is 1. The lowest BCUT2D eigenvalue weighted by atomic mass is 9.97. The third-order valence-corrected chi connectivity index (χ3v) is 4.90. The van der Waals surface area contributed by atoms with E-state index in [1.165, 1.54) is 44.9 Å². The second kappa shape index (κ2) is 14.6. The van der Waals surface area contributed by atoms with Gasteiger partial charge in [0.2, 0.25) is 0 Å². The standard InChI is InChI=1S/C21H37NO4/c1-3-5-6-7-8-9-10-11-12-18-25-20(23)19-13-15-22(16-14-19)21(24)26-17-4-2/h4,19H,2-3,5-18H2,1H3. The Morgan fingerprint density at radius 3 is 2.12 bits per heavy atom. The molecule has 1 aliphatic rings. The van der Waals surface area contributed by atoms with Gasteiger partial charge in [-0.25, -0.2) is 4.79 Å². The summed E-state index contributed by atoms with van der Waals surface area (Å²) in [4.78, 5) is 25.5. The number of rotatable bonds is 13. The number of nitrogens with zero attached hydrogens (tertiary/aromatic N) is 1. The molecule has 150 valence electrons. The van der Waals surface area contributed by atoms with Crippen LogP contribution in [0, 0.1) is 5.92 Å². The molecule has 5 heteroatoms. The van der Waals surface area contributed by atoms with E-state index in [9.17, 15) is 9.59 Å². The first-order chi connectivity index (χ1) is 12.7. The zero-order chi connectivity index (χ0) is 19.0. The molecule has 0 aromatic carbocycles. The second-order valence-corrected chi connectivity index (χ2v) is 7.12. The van der Waals surface area contributed by atoms with Gasteiger partial charge in [-0.05, 0) is 19.3 Å². The molecule has 1 amide bonds. The van der Waals surface area contributed by atoms with E-state index in [2.05, 4.69) is 13.5 Å². The lowest BCUT2D eigenvalue weighted by Crippen LogP contribution is -2.41. The van der Waals surface area contributed by atoms with Crippen LogP contribution in [-0.4, -0.2) is 43.3 Å². The molecule has 5 nitrogen and oxygen atoms in total. The van der Waals surface area contributed by atoms with E-state index in [1.54, 1.807) is 11.0 Å². The lowest BCUT2D eigenvalue weighted by molar-refractivity contribution is -0.150. The maximum Gasteiger partial charge on any atom is 0.410 e. The van der Waals surface area contributed by atoms with Crippen LogP contribution in [0.25, 0.3) is 0 Å². The third kappa shape index (κ3) is 9.83. The van der Waals surface area contributed by atoms with Crippen LogP contribution in [-0.2, 0) is 14.3 Å². The minimum atomic E-state index is -0.327. The first-order valence-corrected chi connectivity index (χ1v) is 10.4. The Kier molecular flexibility index (Phi) is 12.7. The molecule has 0 aromatic rings. The van der Waals surface area contributed by atoms with E-state index in [4.69, 9.17) is 9.47 Å². The molecule has 1 aliphatic heterocycles. The average molecular weight is 368 g/mol. The summed E-state index contributed by atoms with van der Waals surface area (Å²) in [6.07, 6.45) is 13.8. The molecule has 0 spiro atoms. The van der Waals surface area contributed by atoms with Crippen molar-refractivity contribution >= 4 is 12.1 Å². The summed E-state index contributed by atoms with van der Waals surface area (Å²) < 4.78 is 10.4. The van der Waals surface area contributed by atoms with E-state index in [0.29, 0.717) is 32.5 Å². The molecule has 1 rings (SSSR count). The number of hydrogen-bond donors (Lipinski definition) is 0. The first kappa shape index (κ1) is 22.5. The Balaban J connectivity index is 2.00. The minimum absolute atomic E-state index is 0.0861. The highest BCUT2D eigenvalue weighted by Gasteiger charge is 2.28. The number of esters is 1. The van der Waals surface area contributed by atoms with Gasteiger partial charge >= 0.3 is 12.1 Å². The first-order valence-electron chi connectivity index (χ1n) is 10.4. The summed E-state index contributed by atoms with van der Waals surface area (Å²) in [5.41, 5.74) is 0. The van der Waals surface area contributed by atoms with E-state index >= 15 is 0 Å². The second-order valence-electron chi connectivity index (χ2n) is 7.12. The highest BCUT2D eigenvalue weighted by atomic mass is 16.6. The molecule has 0 unspecified atom stereocenters. The van der Waals surface area contributed by atoms with Crippen LogP contribution in [0.5, 0.6) is 0 Å². The van der Waals surface area contributed by atoms with Crippen molar-refractivity contribution in [3.8, 4) is 0 Å². The van der Waals surface area contributed by atoms with Gasteiger partial charge in [0.1, 0.15) is 6.61 Å². The highest BCUT2D eigenvalue weighted by molar-refractivity contribution is 5.73. The van der Waals surface area contributed by atoms with Crippen molar-refractivity contribution in [2.45, 2.75) is 77.6 Å². The van der Waals surface area contributed by atoms with Gasteiger partial charge in [-0.1, -0.05) is 70.9 Å². The van der Waals surface area contributed by atoms with Gasteiger partial charge in [0.05, 0.1) is 12.5 Å². The monoisotopic (exact) mass is 367 g/mol. The number of piperidine rings is 1. The van der Waals surface area contributed by atoms with Crippen LogP contribution in [0.2, 0.25) is 0 Å². The van der Waals surface area contributed by atoms with Gasteiger partial charge in [0, 0.05) is 13.1 Å². The third-order valence-electron chi connectivity index (χ3n) is 4.90. The van der Waals surface area contributed by atoms with Gasteiger partial charge in [0.25, 0.3) is 0 Å². The van der Waals surface area contributed by atoms with E-state index in [1.807, 2.05) is 0 Å². The molecule has 0 radical (unpaired) electrons. The SMILES string of the molecule is C=CCOC(=O)N1CCC(C(=O)OCCCCCCCCCCC)CC1. The number of carbonyl (C=O) groups excluding carboxylic acids is 2. The Bertz CT molecular complexity index is 403. The molecule has 0 saturated carbocycles. The number of hydrogen-bond acceptors (Lipinski definition) is 4. The van der Waals surface area contributed by atoms with Crippen LogP contribution in [0.1, 0.15) is 77.6 Å². The van der Waals surface area contributed by atoms with Crippen molar-refractivity contribution < 1.29 is 19.1 Å². The highest BCUT2D eigenvalue weighted by Crippen LogP contribution is 2.19. The van der Waals surface area contributed by atoms with Crippen LogP contribution in [0.4, 0.5) is 4.79 Å². The Morgan fingerprint density at radius 1 is 0.962 bits per heavy atom. The van der Waals surface area contributed by atoms with Crippen LogP contribution in [0.15, 0.2) is 12.7 Å². The van der Waals surface area contributed by atoms with Crippen LogP contribution >= 0.6 is 0 Å². The van der Waals surface area contributed by atoms with Gasteiger partial charge in [0.15, 0.2) is 0 Å². The summed E-state index contributed by atoms with van der Waals surface area (Å²) in [5.74, 6) is -0.194. The quantitative estimate of drug-likeness (QED) is 0.258. The molecule has 1 heterocycles. The van der Waals surface area contributed by atoms with Crippen molar-refractivity contribution in [1.29, 1.82) is 0 Å². The summed E-state index contributed by atoms with van der Waals surface area (Å²) in [6.45, 7) is 7.61. The van der Waals surface area contributed by atoms with Gasteiger partial charge in [-0.15, -0.1) is 0 Å². The molecular formula is C21H37NO4. The van der Waals surface area contributed by atoms with E-state index < -0.39 is 0 Å². The number of likely N-dealkylation sites (tertiary alicyclic amines) is 1. The van der Waals surface area contributed by atoms with E-state index in [-0.39, 0.29) is 24.6 Å². The molecular weight excluding hydrogens is 330 g/mol. The summed E-state index contributed by atoms with van der Waals surface area (Å²) in [5, 5.41) is 0. The molecule has 1 saturated heterocycles. The summed E-state index contributed by atoms with van der Waals surface area (Å²) >= 11 is 0. The molecule has 0 atom stereocenters. The number of carbonyl (C=O) groups is 2. The Morgan fingerprint density at radius 2 is 1.54 bits per heavy atom. The maximum absolute atomic E-state index is 12.1. The van der Waals surface area contributed by atoms with Gasteiger partial charge in [-0.3, -0.25) is 4.79 Å². The van der Waals surface area contributed by atoms with Gasteiger partial charge < -0.3 is 14.4 Å². The molecule has 1 fully saturated rings. The predicted molar refractivity (Wildman–Crippen MR) is 104 cm³/mol. The molecule has 0 aliphatic carbocycles. The lowest BCUT2D eigenvalue weighted by Gasteiger charge is -2.30. The minimum Gasteiger partial charge on any atom is -0.465 e. The topological polar surface area (TPSA) is 55.8 Å². The van der Waals surface area contributed by atoms with Crippen molar-refractivity contribution in [2.24, 2.45) is 5.92 Å². The fourth-order valence-corrected chi connectivity index (χ4v) is 3.22. The zero-order valence-electron chi connectivity index (χ0n) is 16.5.